The van der Waals surface area contributed by atoms with E-state index in [2.05, 4.69) is 10.6 Å². The number of carboxylic acid groups (broad SMARTS) is 1. The Morgan fingerprint density at radius 3 is 2.58 bits per heavy atom. The van der Waals surface area contributed by atoms with E-state index in [0.717, 1.165) is 5.56 Å². The Labute approximate surface area is 113 Å². The summed E-state index contributed by atoms with van der Waals surface area (Å²) >= 11 is 0. The number of amides is 1. The maximum atomic E-state index is 11.8. The summed E-state index contributed by atoms with van der Waals surface area (Å²) in [7, 11) is 1.85. The number of nitrogens with one attached hydrogen (secondary N) is 2. The first-order chi connectivity index (χ1) is 8.85. The van der Waals surface area contributed by atoms with Crippen molar-refractivity contribution < 1.29 is 14.7 Å². The third kappa shape index (κ3) is 4.71. The Balaban J connectivity index is 2.67. The van der Waals surface area contributed by atoms with E-state index in [1.165, 1.54) is 13.8 Å². The van der Waals surface area contributed by atoms with Gasteiger partial charge in [-0.2, -0.15) is 0 Å². The van der Waals surface area contributed by atoms with Gasteiger partial charge in [-0.05, 0) is 38.6 Å². The van der Waals surface area contributed by atoms with Gasteiger partial charge in [0.1, 0.15) is 0 Å². The summed E-state index contributed by atoms with van der Waals surface area (Å²) in [5.41, 5.74) is 0.670. The topological polar surface area (TPSA) is 78.4 Å². The molecule has 0 atom stereocenters. The fourth-order valence-electron chi connectivity index (χ4n) is 1.65. The molecule has 0 radical (unpaired) electrons. The first kappa shape index (κ1) is 15.2. The molecule has 3 N–H and O–H groups in total. The molecular formula is C14H20N2O3. The maximum absolute atomic E-state index is 11.8. The number of aliphatic carboxylic acids is 1. The van der Waals surface area contributed by atoms with Crippen LogP contribution in [0, 0.1) is 5.41 Å². The van der Waals surface area contributed by atoms with Gasteiger partial charge in [-0.15, -0.1) is 0 Å². The molecule has 0 aliphatic heterocycles. The molecule has 1 aromatic carbocycles. The van der Waals surface area contributed by atoms with E-state index in [0.29, 0.717) is 12.2 Å². The van der Waals surface area contributed by atoms with Crippen LogP contribution in [-0.2, 0) is 16.1 Å². The highest BCUT2D eigenvalue weighted by atomic mass is 16.4. The third-order valence-electron chi connectivity index (χ3n) is 2.77. The van der Waals surface area contributed by atoms with Crippen LogP contribution in [0.25, 0.3) is 0 Å². The number of anilines is 1. The van der Waals surface area contributed by atoms with Crippen molar-refractivity contribution >= 4 is 17.6 Å². The molecule has 0 bridgehead atoms. The molecule has 5 nitrogen and oxygen atoms in total. The molecule has 0 unspecified atom stereocenters. The van der Waals surface area contributed by atoms with Gasteiger partial charge in [0, 0.05) is 18.7 Å². The molecule has 0 aliphatic rings. The van der Waals surface area contributed by atoms with Crippen LogP contribution in [0.15, 0.2) is 24.3 Å². The highest BCUT2D eigenvalue weighted by molar-refractivity contribution is 5.94. The van der Waals surface area contributed by atoms with Crippen molar-refractivity contribution in [3.8, 4) is 0 Å². The summed E-state index contributed by atoms with van der Waals surface area (Å²) in [5.74, 6) is -1.28. The van der Waals surface area contributed by atoms with Crippen LogP contribution in [0.4, 0.5) is 5.69 Å². The predicted octanol–water partition coefficient (Wildman–Crippen LogP) is 1.85. The standard InChI is InChI=1S/C14H20N2O3/c1-14(2,13(18)19)8-12(17)16-11-6-4-5-10(7-11)9-15-3/h4-7,15H,8-9H2,1-3H3,(H,16,17)(H,18,19). The first-order valence-corrected chi connectivity index (χ1v) is 6.12. The second-order valence-electron chi connectivity index (χ2n) is 5.14. The van der Waals surface area contributed by atoms with Crippen LogP contribution in [0.3, 0.4) is 0 Å². The number of benzene rings is 1. The summed E-state index contributed by atoms with van der Waals surface area (Å²) in [5, 5.41) is 14.7. The normalized spacial score (nSPS) is 11.1. The van der Waals surface area contributed by atoms with Crippen LogP contribution in [0.1, 0.15) is 25.8 Å². The van der Waals surface area contributed by atoms with Gasteiger partial charge in [0.15, 0.2) is 0 Å². The van der Waals surface area contributed by atoms with E-state index < -0.39 is 11.4 Å². The lowest BCUT2D eigenvalue weighted by Gasteiger charge is -2.18. The van der Waals surface area contributed by atoms with Gasteiger partial charge >= 0.3 is 5.97 Å². The van der Waals surface area contributed by atoms with Crippen LogP contribution in [0.5, 0.6) is 0 Å². The minimum atomic E-state index is -1.06. The summed E-state index contributed by atoms with van der Waals surface area (Å²) in [6, 6.07) is 7.45. The largest absolute Gasteiger partial charge is 0.481 e. The molecule has 1 rings (SSSR count). The number of carbonyl (C=O) groups excluding carboxylic acids is 1. The van der Waals surface area contributed by atoms with Crippen LogP contribution in [0.2, 0.25) is 0 Å². The average Bonchev–Trinajstić information content (AvgIpc) is 2.28. The second kappa shape index (κ2) is 6.33. The van der Waals surface area contributed by atoms with E-state index in [4.69, 9.17) is 5.11 Å². The number of rotatable bonds is 6. The Kier molecular flexibility index (Phi) is 5.06. The lowest BCUT2D eigenvalue weighted by molar-refractivity contribution is -0.148. The maximum Gasteiger partial charge on any atom is 0.309 e. The Morgan fingerprint density at radius 2 is 2.00 bits per heavy atom. The minimum absolute atomic E-state index is 0.0570. The van der Waals surface area contributed by atoms with Gasteiger partial charge in [0.2, 0.25) is 5.91 Å². The SMILES string of the molecule is CNCc1cccc(NC(=O)CC(C)(C)C(=O)O)c1. The third-order valence-corrected chi connectivity index (χ3v) is 2.77. The molecule has 5 heteroatoms. The van der Waals surface area contributed by atoms with Gasteiger partial charge in [-0.1, -0.05) is 12.1 Å². The molecule has 0 aromatic heterocycles. The quantitative estimate of drug-likeness (QED) is 0.732. The van der Waals surface area contributed by atoms with E-state index in [-0.39, 0.29) is 12.3 Å². The molecule has 104 valence electrons. The summed E-state index contributed by atoms with van der Waals surface area (Å²) in [6.45, 7) is 3.78. The zero-order chi connectivity index (χ0) is 14.5. The van der Waals surface area contributed by atoms with Crippen LogP contribution in [-0.4, -0.2) is 24.0 Å². The monoisotopic (exact) mass is 264 g/mol. The van der Waals surface area contributed by atoms with E-state index in [1.54, 1.807) is 6.07 Å². The highest BCUT2D eigenvalue weighted by Crippen LogP contribution is 2.21. The molecule has 0 aliphatic carbocycles. The van der Waals surface area contributed by atoms with Crippen molar-refractivity contribution in [2.24, 2.45) is 5.41 Å². The Morgan fingerprint density at radius 1 is 1.32 bits per heavy atom. The number of hydrogen-bond donors (Lipinski definition) is 3. The van der Waals surface area contributed by atoms with Crippen molar-refractivity contribution in [1.82, 2.24) is 5.32 Å². The molecule has 0 spiro atoms. The van der Waals surface area contributed by atoms with E-state index in [1.807, 2.05) is 25.2 Å². The fourth-order valence-corrected chi connectivity index (χ4v) is 1.65. The summed E-state index contributed by atoms with van der Waals surface area (Å²) in [4.78, 5) is 22.8. The molecule has 1 aromatic rings. The average molecular weight is 264 g/mol. The minimum Gasteiger partial charge on any atom is -0.481 e. The summed E-state index contributed by atoms with van der Waals surface area (Å²) < 4.78 is 0. The first-order valence-electron chi connectivity index (χ1n) is 6.12. The van der Waals surface area contributed by atoms with Gasteiger partial charge in [-0.3, -0.25) is 9.59 Å². The zero-order valence-electron chi connectivity index (χ0n) is 11.5. The van der Waals surface area contributed by atoms with Gasteiger partial charge in [0.25, 0.3) is 0 Å². The van der Waals surface area contributed by atoms with Gasteiger partial charge in [0.05, 0.1) is 5.41 Å². The molecule has 1 amide bonds. The van der Waals surface area contributed by atoms with Gasteiger partial charge < -0.3 is 15.7 Å². The van der Waals surface area contributed by atoms with Crippen molar-refractivity contribution in [1.29, 1.82) is 0 Å². The van der Waals surface area contributed by atoms with Crippen molar-refractivity contribution in [3.05, 3.63) is 29.8 Å². The fraction of sp³-hybridized carbons (Fsp3) is 0.429. The zero-order valence-corrected chi connectivity index (χ0v) is 11.5. The molecule has 0 fully saturated rings. The molecule has 0 heterocycles. The number of carboxylic acids is 1. The van der Waals surface area contributed by atoms with Crippen molar-refractivity contribution in [2.75, 3.05) is 12.4 Å². The molecular weight excluding hydrogens is 244 g/mol. The van der Waals surface area contributed by atoms with Gasteiger partial charge in [-0.25, -0.2) is 0 Å². The Hall–Kier alpha value is -1.88. The second-order valence-corrected chi connectivity index (χ2v) is 5.14. The molecule has 0 saturated carbocycles. The van der Waals surface area contributed by atoms with E-state index >= 15 is 0 Å². The smallest absolute Gasteiger partial charge is 0.309 e. The van der Waals surface area contributed by atoms with Crippen molar-refractivity contribution in [3.63, 3.8) is 0 Å². The van der Waals surface area contributed by atoms with Crippen molar-refractivity contribution in [2.45, 2.75) is 26.8 Å². The molecule has 19 heavy (non-hydrogen) atoms. The van der Waals surface area contributed by atoms with Crippen LogP contribution >= 0.6 is 0 Å². The lowest BCUT2D eigenvalue weighted by Crippen LogP contribution is -2.29. The predicted molar refractivity (Wildman–Crippen MR) is 73.9 cm³/mol. The van der Waals surface area contributed by atoms with E-state index in [9.17, 15) is 9.59 Å². The number of carbonyl (C=O) groups is 2. The highest BCUT2D eigenvalue weighted by Gasteiger charge is 2.30. The Bertz CT molecular complexity index is 470. The lowest BCUT2D eigenvalue weighted by atomic mass is 9.89. The number of hydrogen-bond acceptors (Lipinski definition) is 3. The van der Waals surface area contributed by atoms with Crippen LogP contribution < -0.4 is 10.6 Å². The molecule has 0 saturated heterocycles. The summed E-state index contributed by atoms with van der Waals surface area (Å²) in [6.07, 6.45) is -0.0570.